The van der Waals surface area contributed by atoms with E-state index >= 15 is 0 Å². The van der Waals surface area contributed by atoms with Gasteiger partial charge in [-0.05, 0) is 53.8 Å². The summed E-state index contributed by atoms with van der Waals surface area (Å²) in [5.74, 6) is 0. The van der Waals surface area contributed by atoms with Crippen LogP contribution in [0.5, 0.6) is 0 Å². The van der Waals surface area contributed by atoms with Gasteiger partial charge >= 0.3 is 6.18 Å². The Hall–Kier alpha value is -4.43. The lowest BCUT2D eigenvalue weighted by molar-refractivity contribution is -0.182. The minimum absolute atomic E-state index is 0.0463. The molecule has 44 heavy (non-hydrogen) atoms. The minimum atomic E-state index is -4.45. The second kappa shape index (κ2) is 10.6. The van der Waals surface area contributed by atoms with Crippen molar-refractivity contribution in [3.63, 3.8) is 0 Å². The van der Waals surface area contributed by atoms with Crippen LogP contribution in [0.2, 0.25) is 5.02 Å². The van der Waals surface area contributed by atoms with Gasteiger partial charge in [-0.2, -0.15) is 18.4 Å². The van der Waals surface area contributed by atoms with Crippen LogP contribution in [0.15, 0.2) is 55.1 Å². The molecule has 0 radical (unpaired) electrons. The fourth-order valence-electron chi connectivity index (χ4n) is 5.51. The summed E-state index contributed by atoms with van der Waals surface area (Å²) < 4.78 is 42.9. The molecule has 5 aromatic rings. The predicted molar refractivity (Wildman–Crippen MR) is 165 cm³/mol. The highest BCUT2D eigenvalue weighted by Crippen LogP contribution is 2.55. The molecule has 1 atom stereocenters. The predicted octanol–water partition coefficient (Wildman–Crippen LogP) is 7.92. The molecule has 0 unspecified atom stereocenters. The van der Waals surface area contributed by atoms with E-state index in [1.807, 2.05) is 31.2 Å². The second-order valence-corrected chi connectivity index (χ2v) is 12.9. The van der Waals surface area contributed by atoms with Gasteiger partial charge in [-0.1, -0.05) is 55.8 Å². The van der Waals surface area contributed by atoms with Gasteiger partial charge < -0.3 is 10.6 Å². The van der Waals surface area contributed by atoms with Crippen LogP contribution in [0.4, 0.5) is 24.5 Å². The number of hydrogen-bond donors (Lipinski definition) is 2. The van der Waals surface area contributed by atoms with E-state index in [0.717, 1.165) is 26.6 Å². The Kier molecular flexibility index (Phi) is 7.16. The highest BCUT2D eigenvalue weighted by atomic mass is 35.5. The van der Waals surface area contributed by atoms with Crippen molar-refractivity contribution in [2.45, 2.75) is 58.3 Å². The maximum absolute atomic E-state index is 14.0. The molecule has 1 aliphatic rings. The Morgan fingerprint density at radius 3 is 2.59 bits per heavy atom. The van der Waals surface area contributed by atoms with Crippen molar-refractivity contribution in [1.29, 1.82) is 5.26 Å². The van der Waals surface area contributed by atoms with Crippen molar-refractivity contribution >= 4 is 44.7 Å². The quantitative estimate of drug-likeness (QED) is 0.191. The normalized spacial score (nSPS) is 15.2. The smallest absolute Gasteiger partial charge is 0.383 e. The van der Waals surface area contributed by atoms with Gasteiger partial charge in [0.25, 0.3) is 0 Å². The number of fused-ring (bicyclic) bond motifs is 2. The largest absolute Gasteiger partial charge is 0.413 e. The van der Waals surface area contributed by atoms with Gasteiger partial charge in [-0.25, -0.2) is 4.68 Å². The molecule has 0 bridgehead atoms. The number of aryl methyl sites for hydroxylation is 1. The average Bonchev–Trinajstić information content (AvgIpc) is 3.65. The number of nitriles is 1. The van der Waals surface area contributed by atoms with Gasteiger partial charge in [0, 0.05) is 41.6 Å². The van der Waals surface area contributed by atoms with Crippen molar-refractivity contribution < 1.29 is 13.2 Å². The molecule has 3 heterocycles. The summed E-state index contributed by atoms with van der Waals surface area (Å²) in [6, 6.07) is 10.8. The zero-order valence-electron chi connectivity index (χ0n) is 24.6. The summed E-state index contributed by atoms with van der Waals surface area (Å²) in [5.41, 5.74) is 1.95. The summed E-state index contributed by atoms with van der Waals surface area (Å²) in [4.78, 5) is 8.76. The molecule has 0 spiro atoms. The van der Waals surface area contributed by atoms with E-state index in [1.54, 1.807) is 18.5 Å². The van der Waals surface area contributed by atoms with Crippen LogP contribution >= 0.6 is 11.6 Å². The summed E-state index contributed by atoms with van der Waals surface area (Å²) in [6.45, 7) is 8.77. The van der Waals surface area contributed by atoms with E-state index in [4.69, 9.17) is 11.6 Å². The van der Waals surface area contributed by atoms with Gasteiger partial charge in [0.2, 0.25) is 0 Å². The van der Waals surface area contributed by atoms with Gasteiger partial charge in [0.1, 0.15) is 11.8 Å². The number of alkyl halides is 3. The van der Waals surface area contributed by atoms with Gasteiger partial charge in [0.05, 0.1) is 34.0 Å². The van der Waals surface area contributed by atoms with E-state index in [1.165, 1.54) is 12.4 Å². The molecule has 0 aliphatic heterocycles. The molecule has 1 aliphatic carbocycles. The molecule has 1 saturated carbocycles. The molecule has 12 heteroatoms. The van der Waals surface area contributed by atoms with Gasteiger partial charge in [-0.3, -0.25) is 9.97 Å². The first-order valence-corrected chi connectivity index (χ1v) is 14.5. The highest BCUT2D eigenvalue weighted by molar-refractivity contribution is 6.35. The van der Waals surface area contributed by atoms with E-state index < -0.39 is 17.8 Å². The number of hydrogen-bond acceptors (Lipinski definition) is 7. The molecule has 0 amide bonds. The summed E-state index contributed by atoms with van der Waals surface area (Å²) in [5, 5.41) is 27.8. The number of pyridine rings is 2. The lowest BCUT2D eigenvalue weighted by Gasteiger charge is -2.23. The van der Waals surface area contributed by atoms with E-state index in [0.29, 0.717) is 45.1 Å². The molecular weight excluding hydrogens is 589 g/mol. The maximum Gasteiger partial charge on any atom is 0.413 e. The van der Waals surface area contributed by atoms with Crippen molar-refractivity contribution in [2.24, 2.45) is 5.41 Å². The first kappa shape index (κ1) is 29.6. The topological polar surface area (TPSA) is 104 Å². The van der Waals surface area contributed by atoms with Gasteiger partial charge in [0.15, 0.2) is 5.54 Å². The summed E-state index contributed by atoms with van der Waals surface area (Å²) in [7, 11) is 0. The SMILES string of the molecule is Cc1cncc2cccc([C@H](Nc3cc(Cl)c4ncc(C#N)c(NCC(C)(C)C)c4c3)c3cn(C4(C(F)(F)F)CC4)nn3)c12. The third-order valence-electron chi connectivity index (χ3n) is 7.96. The van der Waals surface area contributed by atoms with Crippen LogP contribution in [0, 0.1) is 23.7 Å². The Bertz CT molecular complexity index is 1930. The molecule has 3 aromatic heterocycles. The third-order valence-corrected chi connectivity index (χ3v) is 8.25. The Morgan fingerprint density at radius 1 is 1.14 bits per heavy atom. The maximum atomic E-state index is 14.0. The average molecular weight is 619 g/mol. The fraction of sp³-hybridized carbons (Fsp3) is 0.344. The van der Waals surface area contributed by atoms with Crippen molar-refractivity contribution in [3.8, 4) is 6.07 Å². The summed E-state index contributed by atoms with van der Waals surface area (Å²) in [6.07, 6.45) is 1.83. The monoisotopic (exact) mass is 618 g/mol. The summed E-state index contributed by atoms with van der Waals surface area (Å²) >= 11 is 6.76. The Morgan fingerprint density at radius 2 is 1.91 bits per heavy atom. The van der Waals surface area contributed by atoms with Crippen LogP contribution in [0.1, 0.15) is 62.0 Å². The zero-order chi connectivity index (χ0) is 31.4. The number of nitrogens with zero attached hydrogens (tertiary/aromatic N) is 6. The number of halogens is 4. The first-order chi connectivity index (χ1) is 20.8. The van der Waals surface area contributed by atoms with Crippen LogP contribution in [0.3, 0.4) is 0 Å². The number of anilines is 2. The van der Waals surface area contributed by atoms with Gasteiger partial charge in [-0.15, -0.1) is 5.10 Å². The number of benzene rings is 2. The van der Waals surface area contributed by atoms with Crippen LogP contribution in [-0.2, 0) is 5.54 Å². The number of aromatic nitrogens is 5. The van der Waals surface area contributed by atoms with Crippen LogP contribution < -0.4 is 10.6 Å². The van der Waals surface area contributed by atoms with Crippen LogP contribution in [-0.4, -0.2) is 37.7 Å². The third kappa shape index (κ3) is 5.28. The van der Waals surface area contributed by atoms with Crippen molar-refractivity contribution in [1.82, 2.24) is 25.0 Å². The highest BCUT2D eigenvalue weighted by Gasteiger charge is 2.66. The second-order valence-electron chi connectivity index (χ2n) is 12.5. The molecule has 2 aromatic carbocycles. The van der Waals surface area contributed by atoms with E-state index in [2.05, 4.69) is 57.8 Å². The minimum Gasteiger partial charge on any atom is -0.383 e. The van der Waals surface area contributed by atoms with Crippen molar-refractivity contribution in [2.75, 3.05) is 17.2 Å². The number of nitrogens with one attached hydrogen (secondary N) is 2. The zero-order valence-corrected chi connectivity index (χ0v) is 25.3. The van der Waals surface area contributed by atoms with Crippen molar-refractivity contribution in [3.05, 3.63) is 82.5 Å². The molecule has 1 fully saturated rings. The first-order valence-electron chi connectivity index (χ1n) is 14.2. The molecule has 0 saturated heterocycles. The van der Waals surface area contributed by atoms with E-state index in [-0.39, 0.29) is 18.3 Å². The molecule has 6 rings (SSSR count). The Balaban J connectivity index is 1.51. The molecule has 8 nitrogen and oxygen atoms in total. The standard InChI is InChI=1S/C32H30ClF3N8/c1-18-13-38-14-19-6-5-7-22(26(18)19)29(25-16-44(43-42-25)31(8-9-31)32(34,35)36)41-21-10-23-27(40-17-30(2,3)4)20(12-37)15-39-28(23)24(33)11-21/h5-7,10-11,13-16,29,41H,8-9,17H2,1-4H3,(H,39,40)/t29-/m0/s1. The molecule has 226 valence electrons. The molecular formula is C32H30ClF3N8. The van der Waals surface area contributed by atoms with Crippen LogP contribution in [0.25, 0.3) is 21.7 Å². The molecule has 2 N–H and O–H groups in total. The lowest BCUT2D eigenvalue weighted by Crippen LogP contribution is -2.35. The number of rotatable bonds is 7. The fourth-order valence-corrected chi connectivity index (χ4v) is 5.78. The Labute approximate surface area is 257 Å². The van der Waals surface area contributed by atoms with E-state index in [9.17, 15) is 18.4 Å². The lowest BCUT2D eigenvalue weighted by atomic mass is 9.95.